The molecule has 2 fully saturated rings. The van der Waals surface area contributed by atoms with Crippen LogP contribution in [-0.4, -0.2) is 41.9 Å². The van der Waals surface area contributed by atoms with Crippen LogP contribution in [0, 0.1) is 0 Å². The number of piperidine rings is 1. The van der Waals surface area contributed by atoms with Crippen LogP contribution in [-0.2, 0) is 10.3 Å². The minimum Gasteiger partial charge on any atom is -0.343 e. The zero-order chi connectivity index (χ0) is 15.4. The van der Waals surface area contributed by atoms with E-state index >= 15 is 0 Å². The molecular weight excluding hydrogens is 272 g/mol. The largest absolute Gasteiger partial charge is 0.343 e. The lowest BCUT2D eigenvalue weighted by Crippen LogP contribution is -2.53. The number of amides is 1. The Morgan fingerprint density at radius 1 is 1.05 bits per heavy atom. The molecule has 0 aliphatic carbocycles. The molecule has 0 bridgehead atoms. The van der Waals surface area contributed by atoms with Gasteiger partial charge in [0.05, 0.1) is 0 Å². The van der Waals surface area contributed by atoms with Crippen molar-refractivity contribution in [2.45, 2.75) is 51.0 Å². The molecule has 2 saturated heterocycles. The quantitative estimate of drug-likeness (QED) is 0.851. The summed E-state index contributed by atoms with van der Waals surface area (Å²) in [6, 6.07) is 11.0. The number of carbonyl (C=O) groups is 1. The van der Waals surface area contributed by atoms with Crippen LogP contribution in [0.25, 0.3) is 0 Å². The Kier molecular flexibility index (Phi) is 4.82. The molecule has 120 valence electrons. The number of rotatable bonds is 4. The molecule has 0 atom stereocenters. The van der Waals surface area contributed by atoms with Gasteiger partial charge in [-0.05, 0) is 50.8 Å². The van der Waals surface area contributed by atoms with Crippen LogP contribution in [0.4, 0.5) is 0 Å². The van der Waals surface area contributed by atoms with Gasteiger partial charge in [-0.1, -0.05) is 37.3 Å². The Bertz CT molecular complexity index is 485. The summed E-state index contributed by atoms with van der Waals surface area (Å²) in [5.41, 5.74) is 1.60. The van der Waals surface area contributed by atoms with E-state index in [-0.39, 0.29) is 5.54 Å². The molecule has 0 unspecified atom stereocenters. The molecule has 1 aromatic rings. The molecule has 3 rings (SSSR count). The molecule has 2 heterocycles. The lowest BCUT2D eigenvalue weighted by Gasteiger charge is -2.48. The summed E-state index contributed by atoms with van der Waals surface area (Å²) in [6.07, 6.45) is 6.42. The van der Waals surface area contributed by atoms with Gasteiger partial charge in [0.15, 0.2) is 0 Å². The zero-order valence-corrected chi connectivity index (χ0v) is 13.8. The van der Waals surface area contributed by atoms with Crippen molar-refractivity contribution in [1.29, 1.82) is 0 Å². The summed E-state index contributed by atoms with van der Waals surface area (Å²) in [4.78, 5) is 16.9. The Morgan fingerprint density at radius 2 is 1.68 bits per heavy atom. The summed E-state index contributed by atoms with van der Waals surface area (Å²) >= 11 is 0. The van der Waals surface area contributed by atoms with Crippen molar-refractivity contribution in [2.75, 3.05) is 26.2 Å². The van der Waals surface area contributed by atoms with Crippen molar-refractivity contribution in [2.24, 2.45) is 0 Å². The van der Waals surface area contributed by atoms with Gasteiger partial charge in [-0.25, -0.2) is 0 Å². The van der Waals surface area contributed by atoms with Gasteiger partial charge in [0.2, 0.25) is 5.91 Å². The average molecular weight is 300 g/mol. The number of benzene rings is 1. The first kappa shape index (κ1) is 15.5. The predicted molar refractivity (Wildman–Crippen MR) is 89.6 cm³/mol. The molecule has 22 heavy (non-hydrogen) atoms. The topological polar surface area (TPSA) is 23.6 Å². The number of nitrogens with zero attached hydrogens (tertiary/aromatic N) is 2. The molecule has 3 heteroatoms. The maximum atomic E-state index is 12.2. The van der Waals surface area contributed by atoms with Gasteiger partial charge in [-0.15, -0.1) is 0 Å². The van der Waals surface area contributed by atoms with Gasteiger partial charge in [0.1, 0.15) is 0 Å². The molecule has 1 aromatic carbocycles. The second-order valence-electron chi connectivity index (χ2n) is 6.72. The highest BCUT2D eigenvalue weighted by Crippen LogP contribution is 2.40. The summed E-state index contributed by atoms with van der Waals surface area (Å²) in [5, 5.41) is 0. The van der Waals surface area contributed by atoms with Crippen molar-refractivity contribution in [1.82, 2.24) is 9.80 Å². The van der Waals surface area contributed by atoms with Crippen LogP contribution in [0.15, 0.2) is 30.3 Å². The van der Waals surface area contributed by atoms with Crippen molar-refractivity contribution < 1.29 is 4.79 Å². The van der Waals surface area contributed by atoms with E-state index in [1.54, 1.807) is 0 Å². The van der Waals surface area contributed by atoms with Crippen molar-refractivity contribution in [3.05, 3.63) is 35.9 Å². The van der Waals surface area contributed by atoms with Crippen LogP contribution in [0.3, 0.4) is 0 Å². The molecule has 0 saturated carbocycles. The zero-order valence-electron chi connectivity index (χ0n) is 13.8. The third-order valence-corrected chi connectivity index (χ3v) is 5.43. The monoisotopic (exact) mass is 300 g/mol. The molecule has 0 aromatic heterocycles. The molecule has 0 N–H and O–H groups in total. The van der Waals surface area contributed by atoms with Gasteiger partial charge in [0.25, 0.3) is 0 Å². The first-order valence-electron chi connectivity index (χ1n) is 8.84. The lowest BCUT2D eigenvalue weighted by atomic mass is 9.79. The number of likely N-dealkylation sites (tertiary alicyclic amines) is 2. The molecule has 3 nitrogen and oxygen atoms in total. The Hall–Kier alpha value is -1.35. The summed E-state index contributed by atoms with van der Waals surface area (Å²) in [6.45, 7) is 6.31. The van der Waals surface area contributed by atoms with E-state index in [4.69, 9.17) is 0 Å². The summed E-state index contributed by atoms with van der Waals surface area (Å²) in [7, 11) is 0. The predicted octanol–water partition coefficient (Wildman–Crippen LogP) is 3.40. The van der Waals surface area contributed by atoms with Crippen LogP contribution in [0.5, 0.6) is 0 Å². The number of hydrogen-bond acceptors (Lipinski definition) is 2. The van der Waals surface area contributed by atoms with Gasteiger partial charge in [0, 0.05) is 25.0 Å². The second kappa shape index (κ2) is 6.82. The van der Waals surface area contributed by atoms with Crippen molar-refractivity contribution in [3.63, 3.8) is 0 Å². The van der Waals surface area contributed by atoms with Crippen molar-refractivity contribution >= 4 is 5.91 Å². The minimum absolute atomic E-state index is 0.154. The third-order valence-electron chi connectivity index (χ3n) is 5.43. The molecule has 2 aliphatic rings. The lowest BCUT2D eigenvalue weighted by molar-refractivity contribution is -0.134. The summed E-state index contributed by atoms with van der Waals surface area (Å²) in [5.74, 6) is 0.339. The highest BCUT2D eigenvalue weighted by molar-refractivity contribution is 5.76. The van der Waals surface area contributed by atoms with Gasteiger partial charge in [-0.3, -0.25) is 9.69 Å². The molecular formula is C19H28N2O. The van der Waals surface area contributed by atoms with Crippen molar-refractivity contribution in [3.8, 4) is 0 Å². The van der Waals surface area contributed by atoms with Gasteiger partial charge < -0.3 is 4.90 Å². The maximum absolute atomic E-state index is 12.2. The first-order chi connectivity index (χ1) is 10.8. The van der Waals surface area contributed by atoms with E-state index in [1.807, 2.05) is 0 Å². The van der Waals surface area contributed by atoms with E-state index in [0.29, 0.717) is 12.3 Å². The summed E-state index contributed by atoms with van der Waals surface area (Å²) < 4.78 is 0. The average Bonchev–Trinajstić information content (AvgIpc) is 3.11. The Morgan fingerprint density at radius 3 is 2.27 bits per heavy atom. The maximum Gasteiger partial charge on any atom is 0.222 e. The fourth-order valence-electron chi connectivity index (χ4n) is 4.18. The number of carbonyl (C=O) groups excluding carboxylic acids is 1. The van der Waals surface area contributed by atoms with E-state index in [9.17, 15) is 4.79 Å². The van der Waals surface area contributed by atoms with E-state index in [2.05, 4.69) is 47.1 Å². The van der Waals surface area contributed by atoms with Gasteiger partial charge in [-0.2, -0.15) is 0 Å². The molecule has 2 aliphatic heterocycles. The fourth-order valence-corrected chi connectivity index (χ4v) is 4.18. The standard InChI is InChI=1S/C19H28N2O/c1-2-8-18(22)20-15-11-19(12-16-20,21-13-6-7-14-21)17-9-4-3-5-10-17/h3-5,9-10H,2,6-8,11-16H2,1H3. The van der Waals surface area contributed by atoms with E-state index in [1.165, 1.54) is 31.5 Å². The third kappa shape index (κ3) is 2.91. The normalized spacial score (nSPS) is 22.0. The van der Waals surface area contributed by atoms with E-state index < -0.39 is 0 Å². The number of hydrogen-bond donors (Lipinski definition) is 0. The first-order valence-corrected chi connectivity index (χ1v) is 8.84. The SMILES string of the molecule is CCCC(=O)N1CCC(c2ccccc2)(N2CCCC2)CC1. The minimum atomic E-state index is 0.154. The van der Waals surface area contributed by atoms with Crippen LogP contribution >= 0.6 is 0 Å². The molecule has 1 amide bonds. The fraction of sp³-hybridized carbons (Fsp3) is 0.632. The van der Waals surface area contributed by atoms with E-state index in [0.717, 1.165) is 32.4 Å². The molecule has 0 radical (unpaired) electrons. The van der Waals surface area contributed by atoms with Crippen LogP contribution in [0.2, 0.25) is 0 Å². The van der Waals surface area contributed by atoms with Gasteiger partial charge >= 0.3 is 0 Å². The highest BCUT2D eigenvalue weighted by Gasteiger charge is 2.42. The highest BCUT2D eigenvalue weighted by atomic mass is 16.2. The second-order valence-corrected chi connectivity index (χ2v) is 6.72. The van der Waals surface area contributed by atoms with Crippen LogP contribution in [0.1, 0.15) is 51.0 Å². The smallest absolute Gasteiger partial charge is 0.222 e. The Labute approximate surface area is 134 Å². The van der Waals surface area contributed by atoms with Crippen LogP contribution < -0.4 is 0 Å². The Balaban J connectivity index is 1.79. The molecule has 0 spiro atoms.